The van der Waals surface area contributed by atoms with E-state index in [1.54, 1.807) is 6.07 Å². The molecule has 1 aromatic heterocycles. The van der Waals surface area contributed by atoms with Crippen LogP contribution in [0.25, 0.3) is 10.9 Å². The second-order valence-electron chi connectivity index (χ2n) is 4.88. The van der Waals surface area contributed by atoms with Crippen molar-refractivity contribution in [3.05, 3.63) is 32.3 Å². The highest BCUT2D eigenvalue weighted by Gasteiger charge is 2.20. The smallest absolute Gasteiger partial charge is 0.0756 e. The molecule has 0 unspecified atom stereocenters. The molecule has 20 heavy (non-hydrogen) atoms. The molecule has 2 aromatic rings. The van der Waals surface area contributed by atoms with E-state index in [1.807, 2.05) is 13.0 Å². The number of piperazine rings is 1. The summed E-state index contributed by atoms with van der Waals surface area (Å²) in [6.45, 7) is 5.84. The molecule has 0 saturated carbocycles. The molecule has 1 fully saturated rings. The lowest BCUT2D eigenvalue weighted by atomic mass is 10.1. The molecule has 1 saturated heterocycles. The van der Waals surface area contributed by atoms with Crippen molar-refractivity contribution in [3.63, 3.8) is 0 Å². The average Bonchev–Trinajstić information content (AvgIpc) is 2.42. The highest BCUT2D eigenvalue weighted by Crippen LogP contribution is 2.40. The molecule has 0 aliphatic carbocycles. The standard InChI is InChI=1S/C14H14BrCl2N3/c1-8-13(15)14(20-4-2-18-3-5-20)12-10(17)6-9(16)7-11(12)19-8/h6-7,18H,2-5H2,1H3. The van der Waals surface area contributed by atoms with E-state index in [0.717, 1.165) is 52.9 Å². The van der Waals surface area contributed by atoms with Crippen LogP contribution in [-0.2, 0) is 0 Å². The summed E-state index contributed by atoms with van der Waals surface area (Å²) >= 11 is 16.2. The third kappa shape index (κ3) is 2.50. The summed E-state index contributed by atoms with van der Waals surface area (Å²) < 4.78 is 1.01. The molecule has 1 aliphatic rings. The van der Waals surface area contributed by atoms with Gasteiger partial charge in [0, 0.05) is 36.6 Å². The van der Waals surface area contributed by atoms with Crippen molar-refractivity contribution in [2.45, 2.75) is 6.92 Å². The molecule has 2 heterocycles. The van der Waals surface area contributed by atoms with E-state index in [4.69, 9.17) is 23.2 Å². The summed E-state index contributed by atoms with van der Waals surface area (Å²) in [5, 5.41) is 5.59. The number of fused-ring (bicyclic) bond motifs is 1. The number of nitrogens with zero attached hydrogens (tertiary/aromatic N) is 2. The molecule has 0 amide bonds. The summed E-state index contributed by atoms with van der Waals surface area (Å²) in [6, 6.07) is 3.65. The zero-order valence-electron chi connectivity index (χ0n) is 11.0. The Morgan fingerprint density at radius 1 is 1.25 bits per heavy atom. The van der Waals surface area contributed by atoms with Gasteiger partial charge in [0.15, 0.2) is 0 Å². The van der Waals surface area contributed by atoms with E-state index >= 15 is 0 Å². The van der Waals surface area contributed by atoms with Gasteiger partial charge in [-0.25, -0.2) is 0 Å². The van der Waals surface area contributed by atoms with Gasteiger partial charge in [-0.1, -0.05) is 23.2 Å². The first-order valence-corrected chi connectivity index (χ1v) is 8.03. The summed E-state index contributed by atoms with van der Waals surface area (Å²) in [7, 11) is 0. The van der Waals surface area contributed by atoms with E-state index in [2.05, 4.69) is 31.1 Å². The second kappa shape index (κ2) is 5.68. The van der Waals surface area contributed by atoms with Crippen molar-refractivity contribution < 1.29 is 0 Å². The predicted molar refractivity (Wildman–Crippen MR) is 89.3 cm³/mol. The molecule has 0 bridgehead atoms. The van der Waals surface area contributed by atoms with Crippen molar-refractivity contribution >= 4 is 55.7 Å². The van der Waals surface area contributed by atoms with Crippen LogP contribution in [0.15, 0.2) is 16.6 Å². The minimum atomic E-state index is 0.614. The predicted octanol–water partition coefficient (Wildman–Crippen LogP) is 4.02. The molecule has 3 nitrogen and oxygen atoms in total. The van der Waals surface area contributed by atoms with Gasteiger partial charge in [0.25, 0.3) is 0 Å². The zero-order chi connectivity index (χ0) is 14.3. The summed E-state index contributed by atoms with van der Waals surface area (Å²) in [6.07, 6.45) is 0. The number of halogens is 3. The van der Waals surface area contributed by atoms with Crippen LogP contribution in [0, 0.1) is 6.92 Å². The number of anilines is 1. The number of benzene rings is 1. The van der Waals surface area contributed by atoms with E-state index in [-0.39, 0.29) is 0 Å². The number of pyridine rings is 1. The zero-order valence-corrected chi connectivity index (χ0v) is 14.1. The highest BCUT2D eigenvalue weighted by atomic mass is 79.9. The number of hydrogen-bond acceptors (Lipinski definition) is 3. The summed E-state index contributed by atoms with van der Waals surface area (Å²) in [5.41, 5.74) is 2.91. The molecule has 0 spiro atoms. The maximum Gasteiger partial charge on any atom is 0.0756 e. The minimum Gasteiger partial charge on any atom is -0.367 e. The van der Waals surface area contributed by atoms with Crippen LogP contribution >= 0.6 is 39.1 Å². The van der Waals surface area contributed by atoms with Gasteiger partial charge in [-0.15, -0.1) is 0 Å². The Hall–Kier alpha value is -0.550. The normalized spacial score (nSPS) is 15.9. The van der Waals surface area contributed by atoms with Crippen molar-refractivity contribution in [2.75, 3.05) is 31.1 Å². The van der Waals surface area contributed by atoms with Gasteiger partial charge in [-0.05, 0) is 35.0 Å². The molecule has 1 N–H and O–H groups in total. The van der Waals surface area contributed by atoms with Gasteiger partial charge in [-0.2, -0.15) is 0 Å². The Kier molecular flexibility index (Phi) is 4.09. The first kappa shape index (κ1) is 14.4. The van der Waals surface area contributed by atoms with Gasteiger partial charge in [0.05, 0.1) is 26.4 Å². The first-order chi connectivity index (χ1) is 9.58. The fourth-order valence-corrected chi connectivity index (χ4v) is 3.69. The molecule has 106 valence electrons. The van der Waals surface area contributed by atoms with Crippen molar-refractivity contribution in [2.24, 2.45) is 0 Å². The molecular weight excluding hydrogens is 361 g/mol. The monoisotopic (exact) mass is 373 g/mol. The van der Waals surface area contributed by atoms with Crippen LogP contribution in [0.3, 0.4) is 0 Å². The lowest BCUT2D eigenvalue weighted by Crippen LogP contribution is -2.43. The third-order valence-electron chi connectivity index (χ3n) is 3.52. The first-order valence-electron chi connectivity index (χ1n) is 6.48. The van der Waals surface area contributed by atoms with Gasteiger partial charge < -0.3 is 10.2 Å². The van der Waals surface area contributed by atoms with E-state index in [1.165, 1.54) is 0 Å². The number of hydrogen-bond donors (Lipinski definition) is 1. The molecule has 0 radical (unpaired) electrons. The molecule has 0 atom stereocenters. The van der Waals surface area contributed by atoms with Crippen LogP contribution in [-0.4, -0.2) is 31.2 Å². The van der Waals surface area contributed by atoms with Crippen LogP contribution in [0.1, 0.15) is 5.69 Å². The lowest BCUT2D eigenvalue weighted by Gasteiger charge is -2.31. The topological polar surface area (TPSA) is 28.2 Å². The lowest BCUT2D eigenvalue weighted by molar-refractivity contribution is 0.589. The van der Waals surface area contributed by atoms with Crippen LogP contribution in [0.4, 0.5) is 5.69 Å². The van der Waals surface area contributed by atoms with Gasteiger partial charge in [0.2, 0.25) is 0 Å². The highest BCUT2D eigenvalue weighted by molar-refractivity contribution is 9.10. The summed E-state index contributed by atoms with van der Waals surface area (Å²) in [4.78, 5) is 6.94. The van der Waals surface area contributed by atoms with Crippen molar-refractivity contribution in [1.82, 2.24) is 10.3 Å². The minimum absolute atomic E-state index is 0.614. The van der Waals surface area contributed by atoms with Crippen LogP contribution < -0.4 is 10.2 Å². The molecule has 1 aromatic carbocycles. The number of nitrogens with one attached hydrogen (secondary N) is 1. The van der Waals surface area contributed by atoms with E-state index < -0.39 is 0 Å². The largest absolute Gasteiger partial charge is 0.367 e. The maximum atomic E-state index is 6.42. The fourth-order valence-electron chi connectivity index (χ4n) is 2.58. The van der Waals surface area contributed by atoms with Gasteiger partial charge in [0.1, 0.15) is 0 Å². The molecule has 6 heteroatoms. The Bertz CT molecular complexity index is 669. The Labute approximate surface area is 136 Å². The average molecular weight is 375 g/mol. The summed E-state index contributed by atoms with van der Waals surface area (Å²) in [5.74, 6) is 0. The number of aryl methyl sites for hydroxylation is 1. The molecular formula is C14H14BrCl2N3. The fraction of sp³-hybridized carbons (Fsp3) is 0.357. The van der Waals surface area contributed by atoms with Crippen LogP contribution in [0.2, 0.25) is 10.0 Å². The quantitative estimate of drug-likeness (QED) is 0.816. The maximum absolute atomic E-state index is 6.42. The third-order valence-corrected chi connectivity index (χ3v) is 4.98. The molecule has 1 aliphatic heterocycles. The number of aromatic nitrogens is 1. The van der Waals surface area contributed by atoms with E-state index in [9.17, 15) is 0 Å². The van der Waals surface area contributed by atoms with Gasteiger partial charge in [-0.3, -0.25) is 4.98 Å². The second-order valence-corrected chi connectivity index (χ2v) is 6.52. The Morgan fingerprint density at radius 2 is 1.95 bits per heavy atom. The molecule has 3 rings (SSSR count). The van der Waals surface area contributed by atoms with E-state index in [0.29, 0.717) is 10.0 Å². The number of rotatable bonds is 1. The SMILES string of the molecule is Cc1nc2cc(Cl)cc(Cl)c2c(N2CCNCC2)c1Br. The van der Waals surface area contributed by atoms with Crippen molar-refractivity contribution in [3.8, 4) is 0 Å². The van der Waals surface area contributed by atoms with Crippen LogP contribution in [0.5, 0.6) is 0 Å². The van der Waals surface area contributed by atoms with Gasteiger partial charge >= 0.3 is 0 Å². The Morgan fingerprint density at radius 3 is 2.65 bits per heavy atom. The Balaban J connectivity index is 2.29. The van der Waals surface area contributed by atoms with Crippen molar-refractivity contribution in [1.29, 1.82) is 0 Å².